The Hall–Kier alpha value is -3.09. The molecule has 1 aliphatic rings. The molecule has 0 bridgehead atoms. The second kappa shape index (κ2) is 10.7. The fraction of sp³-hybridized carbons (Fsp3) is 0.240. The summed E-state index contributed by atoms with van der Waals surface area (Å²) in [6.45, 7) is 3.11. The molecule has 0 unspecified atom stereocenters. The minimum atomic E-state index is -0.126. The molecule has 6 nitrogen and oxygen atoms in total. The summed E-state index contributed by atoms with van der Waals surface area (Å²) in [7, 11) is 0. The van der Waals surface area contributed by atoms with Crippen LogP contribution < -0.4 is 10.2 Å². The van der Waals surface area contributed by atoms with Crippen LogP contribution in [0.1, 0.15) is 21.5 Å². The van der Waals surface area contributed by atoms with Crippen molar-refractivity contribution in [2.45, 2.75) is 13.0 Å². The molecule has 0 spiro atoms. The lowest BCUT2D eigenvalue weighted by Gasteiger charge is -2.36. The first-order chi connectivity index (χ1) is 16.0. The van der Waals surface area contributed by atoms with Crippen molar-refractivity contribution in [2.75, 3.05) is 31.1 Å². The highest BCUT2D eigenvalue weighted by Crippen LogP contribution is 2.25. The number of carbonyl (C=O) groups excluding carboxylic acids is 2. The zero-order valence-electron chi connectivity index (χ0n) is 18.0. The van der Waals surface area contributed by atoms with Crippen molar-refractivity contribution in [1.29, 1.82) is 0 Å². The van der Waals surface area contributed by atoms with Crippen molar-refractivity contribution in [1.82, 2.24) is 15.2 Å². The summed E-state index contributed by atoms with van der Waals surface area (Å²) in [5.74, 6) is -0.107. The third-order valence-electron chi connectivity index (χ3n) is 5.69. The molecule has 1 saturated heterocycles. The minimum absolute atomic E-state index is 0.0188. The summed E-state index contributed by atoms with van der Waals surface area (Å²) in [4.78, 5) is 33.3. The standard InChI is InChI=1S/C25H24Cl2N4O2/c26-22-4-1-5-23(27)21(22)15-24(32)31-13-11-30(12-14-31)20-8-6-19(7-9-20)25(33)29-17-18-3-2-10-28-16-18/h1-10,16H,11-15,17H2,(H,29,33). The van der Waals surface area contributed by atoms with E-state index in [2.05, 4.69) is 15.2 Å². The van der Waals surface area contributed by atoms with Crippen LogP contribution in [0.25, 0.3) is 0 Å². The fourth-order valence-corrected chi connectivity index (χ4v) is 4.32. The van der Waals surface area contributed by atoms with Crippen LogP contribution >= 0.6 is 23.2 Å². The smallest absolute Gasteiger partial charge is 0.251 e. The van der Waals surface area contributed by atoms with E-state index >= 15 is 0 Å². The van der Waals surface area contributed by atoms with Crippen molar-refractivity contribution >= 4 is 40.7 Å². The fourth-order valence-electron chi connectivity index (χ4n) is 3.79. The Morgan fingerprint density at radius 3 is 2.24 bits per heavy atom. The summed E-state index contributed by atoms with van der Waals surface area (Å²) in [6.07, 6.45) is 3.63. The molecule has 0 radical (unpaired) electrons. The largest absolute Gasteiger partial charge is 0.368 e. The lowest BCUT2D eigenvalue weighted by molar-refractivity contribution is -0.130. The zero-order chi connectivity index (χ0) is 23.2. The van der Waals surface area contributed by atoms with Crippen molar-refractivity contribution in [3.05, 3.63) is 93.7 Å². The lowest BCUT2D eigenvalue weighted by atomic mass is 10.1. The van der Waals surface area contributed by atoms with Gasteiger partial charge >= 0.3 is 0 Å². The van der Waals surface area contributed by atoms with E-state index in [-0.39, 0.29) is 18.2 Å². The van der Waals surface area contributed by atoms with E-state index in [1.165, 1.54) is 0 Å². The van der Waals surface area contributed by atoms with Crippen LogP contribution in [0.5, 0.6) is 0 Å². The van der Waals surface area contributed by atoms with Gasteiger partial charge in [-0.1, -0.05) is 35.3 Å². The first-order valence-electron chi connectivity index (χ1n) is 10.7. The molecule has 170 valence electrons. The van der Waals surface area contributed by atoms with Crippen LogP contribution in [-0.4, -0.2) is 47.9 Å². The number of amides is 2. The maximum absolute atomic E-state index is 12.7. The van der Waals surface area contributed by atoms with Crippen molar-refractivity contribution < 1.29 is 9.59 Å². The number of aromatic nitrogens is 1. The average Bonchev–Trinajstić information content (AvgIpc) is 2.85. The van der Waals surface area contributed by atoms with Crippen molar-refractivity contribution in [3.8, 4) is 0 Å². The van der Waals surface area contributed by atoms with E-state index in [0.717, 1.165) is 11.3 Å². The van der Waals surface area contributed by atoms with E-state index in [4.69, 9.17) is 23.2 Å². The highest BCUT2D eigenvalue weighted by atomic mass is 35.5. The molecule has 33 heavy (non-hydrogen) atoms. The van der Waals surface area contributed by atoms with Gasteiger partial charge in [-0.25, -0.2) is 0 Å². The number of nitrogens with one attached hydrogen (secondary N) is 1. The number of hydrogen-bond acceptors (Lipinski definition) is 4. The van der Waals surface area contributed by atoms with E-state index in [1.54, 1.807) is 30.6 Å². The third-order valence-corrected chi connectivity index (χ3v) is 6.40. The van der Waals surface area contributed by atoms with Crippen molar-refractivity contribution in [3.63, 3.8) is 0 Å². The zero-order valence-corrected chi connectivity index (χ0v) is 19.5. The van der Waals surface area contributed by atoms with E-state index in [1.807, 2.05) is 41.3 Å². The number of anilines is 1. The Bertz CT molecular complexity index is 1090. The average molecular weight is 483 g/mol. The molecule has 0 atom stereocenters. The maximum atomic E-state index is 12.7. The molecule has 2 aromatic carbocycles. The number of piperazine rings is 1. The molecular weight excluding hydrogens is 459 g/mol. The van der Waals surface area contributed by atoms with Gasteiger partial charge in [0, 0.05) is 66.4 Å². The van der Waals surface area contributed by atoms with Gasteiger partial charge in [0.05, 0.1) is 6.42 Å². The number of rotatable bonds is 6. The van der Waals surface area contributed by atoms with Gasteiger partial charge < -0.3 is 15.1 Å². The predicted molar refractivity (Wildman–Crippen MR) is 131 cm³/mol. The van der Waals surface area contributed by atoms with Crippen LogP contribution in [0.3, 0.4) is 0 Å². The Balaban J connectivity index is 1.29. The number of carbonyl (C=O) groups is 2. The lowest BCUT2D eigenvalue weighted by Crippen LogP contribution is -2.49. The molecule has 0 aliphatic carbocycles. The van der Waals surface area contributed by atoms with Gasteiger partial charge in [-0.15, -0.1) is 0 Å². The topological polar surface area (TPSA) is 65.5 Å². The number of pyridine rings is 1. The van der Waals surface area contributed by atoms with Crippen molar-refractivity contribution in [2.24, 2.45) is 0 Å². The molecule has 2 heterocycles. The molecular formula is C25H24Cl2N4O2. The molecule has 1 aromatic heterocycles. The summed E-state index contributed by atoms with van der Waals surface area (Å²) >= 11 is 12.4. The molecule has 2 amide bonds. The summed E-state index contributed by atoms with van der Waals surface area (Å²) in [5.41, 5.74) is 3.26. The Labute approximate surface area is 203 Å². The van der Waals surface area contributed by atoms with Gasteiger partial charge in [0.2, 0.25) is 5.91 Å². The van der Waals surface area contributed by atoms with E-state index < -0.39 is 0 Å². The summed E-state index contributed by atoms with van der Waals surface area (Å²) in [6, 6.07) is 16.6. The molecule has 8 heteroatoms. The van der Waals surface area contributed by atoms with Crippen LogP contribution in [0.15, 0.2) is 67.0 Å². The van der Waals surface area contributed by atoms with Crippen LogP contribution in [0, 0.1) is 0 Å². The van der Waals surface area contributed by atoms with Gasteiger partial charge in [0.15, 0.2) is 0 Å². The maximum Gasteiger partial charge on any atom is 0.251 e. The summed E-state index contributed by atoms with van der Waals surface area (Å²) < 4.78 is 0. The summed E-state index contributed by atoms with van der Waals surface area (Å²) in [5, 5.41) is 3.93. The van der Waals surface area contributed by atoms with E-state index in [0.29, 0.717) is 53.9 Å². The van der Waals surface area contributed by atoms with E-state index in [9.17, 15) is 9.59 Å². The quantitative estimate of drug-likeness (QED) is 0.571. The Kier molecular flexibility index (Phi) is 7.47. The Morgan fingerprint density at radius 1 is 0.909 bits per heavy atom. The number of benzene rings is 2. The molecule has 0 saturated carbocycles. The van der Waals surface area contributed by atoms with Gasteiger partial charge in [0.25, 0.3) is 5.91 Å². The second-order valence-electron chi connectivity index (χ2n) is 7.84. The van der Waals surface area contributed by atoms with Gasteiger partial charge in [-0.05, 0) is 53.6 Å². The molecule has 3 aromatic rings. The second-order valence-corrected chi connectivity index (χ2v) is 8.65. The minimum Gasteiger partial charge on any atom is -0.368 e. The number of halogens is 2. The van der Waals surface area contributed by atoms with Crippen LogP contribution in [0.2, 0.25) is 10.0 Å². The van der Waals surface area contributed by atoms with Crippen LogP contribution in [0.4, 0.5) is 5.69 Å². The highest BCUT2D eigenvalue weighted by Gasteiger charge is 2.23. The normalized spacial score (nSPS) is 13.6. The number of hydrogen-bond donors (Lipinski definition) is 1. The van der Waals surface area contributed by atoms with Gasteiger partial charge in [-0.2, -0.15) is 0 Å². The highest BCUT2D eigenvalue weighted by molar-refractivity contribution is 6.36. The molecule has 1 aliphatic heterocycles. The SMILES string of the molecule is O=C(NCc1cccnc1)c1ccc(N2CCN(C(=O)Cc3c(Cl)cccc3Cl)CC2)cc1. The van der Waals surface area contributed by atoms with Gasteiger partial charge in [-0.3, -0.25) is 14.6 Å². The first kappa shape index (κ1) is 23.1. The molecule has 1 fully saturated rings. The van der Waals surface area contributed by atoms with Crippen LogP contribution in [-0.2, 0) is 17.8 Å². The monoisotopic (exact) mass is 482 g/mol. The molecule has 1 N–H and O–H groups in total. The first-order valence-corrected chi connectivity index (χ1v) is 11.5. The molecule has 4 rings (SSSR count). The Morgan fingerprint density at radius 2 is 1.61 bits per heavy atom. The third kappa shape index (κ3) is 5.83. The predicted octanol–water partition coefficient (Wildman–Crippen LogP) is 4.21. The number of nitrogens with zero attached hydrogens (tertiary/aromatic N) is 3. The van der Waals surface area contributed by atoms with Gasteiger partial charge in [0.1, 0.15) is 0 Å².